The zero-order valence-electron chi connectivity index (χ0n) is 8.35. The van der Waals surface area contributed by atoms with Gasteiger partial charge in [-0.3, -0.25) is 0 Å². The second-order valence-electron chi connectivity index (χ2n) is 3.05. The van der Waals surface area contributed by atoms with Crippen LogP contribution in [0, 0.1) is 6.92 Å². The molecular weight excluding hydrogens is 254 g/mol. The van der Waals surface area contributed by atoms with Gasteiger partial charge in [0.2, 0.25) is 0 Å². The van der Waals surface area contributed by atoms with Crippen molar-refractivity contribution in [2.45, 2.75) is 19.3 Å². The van der Waals surface area contributed by atoms with Crippen molar-refractivity contribution in [2.24, 2.45) is 0 Å². The van der Waals surface area contributed by atoms with Gasteiger partial charge >= 0.3 is 18.4 Å². The van der Waals surface area contributed by atoms with Crippen molar-refractivity contribution in [3.8, 4) is 6.01 Å². The van der Waals surface area contributed by atoms with Gasteiger partial charge in [0, 0.05) is 6.20 Å². The lowest BCUT2D eigenvalue weighted by Crippen LogP contribution is -2.20. The molecule has 1 aromatic heterocycles. The van der Waals surface area contributed by atoms with Crippen LogP contribution in [0.3, 0.4) is 0 Å². The summed E-state index contributed by atoms with van der Waals surface area (Å²) < 4.78 is 76.1. The normalized spacial score (nSPS) is 12.6. The lowest BCUT2D eigenvalue weighted by Gasteiger charge is -2.11. The molecule has 1 heterocycles. The standard InChI is InChI=1S/C8H6F6N2O/c1-4-5(8(12,13)14)2-15-6(16-4)17-3-7(9,10)11/h2H,3H2,1H3. The number of aryl methyl sites for hydroxylation is 1. The summed E-state index contributed by atoms with van der Waals surface area (Å²) in [5.74, 6) is 0. The van der Waals surface area contributed by atoms with Gasteiger partial charge in [0.1, 0.15) is 0 Å². The predicted octanol–water partition coefficient (Wildman–Crippen LogP) is 2.74. The van der Waals surface area contributed by atoms with E-state index in [2.05, 4.69) is 14.7 Å². The van der Waals surface area contributed by atoms with E-state index in [0.29, 0.717) is 6.20 Å². The zero-order valence-corrected chi connectivity index (χ0v) is 8.35. The molecule has 9 heteroatoms. The number of rotatable bonds is 2. The first-order chi connectivity index (χ1) is 7.59. The first-order valence-electron chi connectivity index (χ1n) is 4.20. The van der Waals surface area contributed by atoms with Gasteiger partial charge in [-0.1, -0.05) is 0 Å². The Labute approximate surface area is 91.4 Å². The number of hydrogen-bond acceptors (Lipinski definition) is 3. The third-order valence-corrected chi connectivity index (χ3v) is 1.63. The van der Waals surface area contributed by atoms with Gasteiger partial charge in [-0.2, -0.15) is 31.3 Å². The summed E-state index contributed by atoms with van der Waals surface area (Å²) in [5, 5.41) is 0. The second kappa shape index (κ2) is 4.38. The average molecular weight is 260 g/mol. The maximum Gasteiger partial charge on any atom is 0.422 e. The molecule has 0 aliphatic heterocycles. The Morgan fingerprint density at radius 3 is 2.18 bits per heavy atom. The molecule has 0 fully saturated rings. The number of hydrogen-bond donors (Lipinski definition) is 0. The van der Waals surface area contributed by atoms with Crippen LogP contribution in [0.1, 0.15) is 11.3 Å². The Bertz CT molecular complexity index is 400. The van der Waals surface area contributed by atoms with Gasteiger partial charge < -0.3 is 4.74 Å². The Balaban J connectivity index is 2.83. The summed E-state index contributed by atoms with van der Waals surface area (Å²) in [6.45, 7) is -0.650. The molecule has 0 N–H and O–H groups in total. The topological polar surface area (TPSA) is 35.0 Å². The number of nitrogens with zero attached hydrogens (tertiary/aromatic N) is 2. The smallest absolute Gasteiger partial charge is 0.422 e. The third kappa shape index (κ3) is 4.08. The molecular formula is C8H6F6N2O. The highest BCUT2D eigenvalue weighted by molar-refractivity contribution is 5.20. The minimum atomic E-state index is -4.65. The number of aromatic nitrogens is 2. The van der Waals surface area contributed by atoms with Crippen LogP contribution in [0.5, 0.6) is 6.01 Å². The fourth-order valence-corrected chi connectivity index (χ4v) is 0.940. The van der Waals surface area contributed by atoms with Gasteiger partial charge in [-0.05, 0) is 6.92 Å². The lowest BCUT2D eigenvalue weighted by molar-refractivity contribution is -0.155. The molecule has 0 unspecified atom stereocenters. The maximum absolute atomic E-state index is 12.3. The molecule has 0 aliphatic rings. The van der Waals surface area contributed by atoms with Crippen LogP contribution in [0.15, 0.2) is 6.20 Å². The molecule has 0 spiro atoms. The molecule has 0 bridgehead atoms. The monoisotopic (exact) mass is 260 g/mol. The first-order valence-corrected chi connectivity index (χ1v) is 4.20. The van der Waals surface area contributed by atoms with Gasteiger partial charge in [0.05, 0.1) is 11.3 Å². The van der Waals surface area contributed by atoms with Crippen LogP contribution < -0.4 is 4.74 Å². The zero-order chi connectivity index (χ0) is 13.3. The molecule has 0 radical (unpaired) electrons. The van der Waals surface area contributed by atoms with Crippen molar-refractivity contribution >= 4 is 0 Å². The fourth-order valence-electron chi connectivity index (χ4n) is 0.940. The first kappa shape index (κ1) is 13.5. The summed E-state index contributed by atoms with van der Waals surface area (Å²) in [6.07, 6.45) is -8.86. The van der Waals surface area contributed by atoms with Crippen LogP contribution in [-0.2, 0) is 6.18 Å². The van der Waals surface area contributed by atoms with Crippen LogP contribution in [0.25, 0.3) is 0 Å². The van der Waals surface area contributed by atoms with Gasteiger partial charge in [-0.15, -0.1) is 0 Å². The number of alkyl halides is 6. The van der Waals surface area contributed by atoms with Crippen molar-refractivity contribution in [3.05, 3.63) is 17.5 Å². The molecule has 1 rings (SSSR count). The summed E-state index contributed by atoms with van der Waals surface area (Å²) in [7, 11) is 0. The maximum atomic E-state index is 12.3. The predicted molar refractivity (Wildman–Crippen MR) is 43.3 cm³/mol. The quantitative estimate of drug-likeness (QED) is 0.767. The van der Waals surface area contributed by atoms with Crippen LogP contribution in [0.4, 0.5) is 26.3 Å². The molecule has 0 amide bonds. The molecule has 17 heavy (non-hydrogen) atoms. The van der Waals surface area contributed by atoms with E-state index in [4.69, 9.17) is 0 Å². The Morgan fingerprint density at radius 1 is 1.18 bits per heavy atom. The van der Waals surface area contributed by atoms with Crippen molar-refractivity contribution in [1.29, 1.82) is 0 Å². The summed E-state index contributed by atoms with van der Waals surface area (Å²) in [4.78, 5) is 6.25. The summed E-state index contributed by atoms with van der Waals surface area (Å²) >= 11 is 0. The van der Waals surface area contributed by atoms with Gasteiger partial charge in [0.25, 0.3) is 0 Å². The van der Waals surface area contributed by atoms with E-state index in [0.717, 1.165) is 6.92 Å². The molecule has 0 aromatic carbocycles. The number of halogens is 6. The van der Waals surface area contributed by atoms with Crippen molar-refractivity contribution in [1.82, 2.24) is 9.97 Å². The molecule has 0 atom stereocenters. The molecule has 0 saturated carbocycles. The Morgan fingerprint density at radius 2 is 1.76 bits per heavy atom. The summed E-state index contributed by atoms with van der Waals surface area (Å²) in [5.41, 5.74) is -1.61. The minimum absolute atomic E-state index is 0.383. The van der Waals surface area contributed by atoms with E-state index in [1.165, 1.54) is 0 Å². The molecule has 0 aliphatic carbocycles. The fraction of sp³-hybridized carbons (Fsp3) is 0.500. The van der Waals surface area contributed by atoms with E-state index >= 15 is 0 Å². The lowest BCUT2D eigenvalue weighted by atomic mass is 10.2. The minimum Gasteiger partial charge on any atom is -0.454 e. The van der Waals surface area contributed by atoms with E-state index < -0.39 is 36.2 Å². The van der Waals surface area contributed by atoms with Gasteiger partial charge in [-0.25, -0.2) is 4.98 Å². The second-order valence-corrected chi connectivity index (χ2v) is 3.05. The van der Waals surface area contributed by atoms with E-state index in [-0.39, 0.29) is 0 Å². The van der Waals surface area contributed by atoms with Crippen molar-refractivity contribution in [2.75, 3.05) is 6.61 Å². The van der Waals surface area contributed by atoms with Crippen LogP contribution in [-0.4, -0.2) is 22.8 Å². The Hall–Kier alpha value is -1.54. The van der Waals surface area contributed by atoms with Crippen LogP contribution >= 0.6 is 0 Å². The van der Waals surface area contributed by atoms with Crippen LogP contribution in [0.2, 0.25) is 0 Å². The highest BCUT2D eigenvalue weighted by Crippen LogP contribution is 2.31. The largest absolute Gasteiger partial charge is 0.454 e. The highest BCUT2D eigenvalue weighted by atomic mass is 19.4. The van der Waals surface area contributed by atoms with E-state index in [1.54, 1.807) is 0 Å². The third-order valence-electron chi connectivity index (χ3n) is 1.63. The molecule has 3 nitrogen and oxygen atoms in total. The molecule has 0 saturated heterocycles. The highest BCUT2D eigenvalue weighted by Gasteiger charge is 2.34. The van der Waals surface area contributed by atoms with Crippen molar-refractivity contribution < 1.29 is 31.1 Å². The average Bonchev–Trinajstić information content (AvgIpc) is 2.11. The Kier molecular flexibility index (Phi) is 3.48. The van der Waals surface area contributed by atoms with Gasteiger partial charge in [0.15, 0.2) is 6.61 Å². The van der Waals surface area contributed by atoms with Crippen molar-refractivity contribution in [3.63, 3.8) is 0 Å². The number of ether oxygens (including phenoxy) is 1. The molecule has 96 valence electrons. The van der Waals surface area contributed by atoms with E-state index in [1.807, 2.05) is 0 Å². The SMILES string of the molecule is Cc1nc(OCC(F)(F)F)ncc1C(F)(F)F. The summed E-state index contributed by atoms with van der Waals surface area (Å²) in [6, 6.07) is -0.743. The molecule has 1 aromatic rings. The van der Waals surface area contributed by atoms with E-state index in [9.17, 15) is 26.3 Å².